The normalized spacial score (nSPS) is 33.4. The molecule has 5 N–H and O–H groups in total. The number of H-pyrrole nitrogens is 2. The number of hydrogen-bond donors (Lipinski definition) is 5. The summed E-state index contributed by atoms with van der Waals surface area (Å²) in [5, 5.41) is 19.2. The quantitative estimate of drug-likeness (QED) is 0.172. The molecule has 254 valence electrons. The standard InChI is InChI=1S/C37H44N4O7/c1-8-20-17(4)24-13-26-18(5)23(11-12-30(43)47-10-3)37(41-26)36(48-37)32(35(45)46-7)33(44)31-19(6)25(40-34(31)36)14-28-21(9-2)22(16-42)29(39-28)15-27(20)38-24/h8,14-16,18,23,26,32,34,38-42H,1,9-13H2,2-7H3/b22-16-,25-14-,29-15-/t18-,23-,26?,32+,34?,36-,37-/m0/s1. The number of carbonyl (C=O) groups excluding carboxylic acids is 3. The number of carbonyl (C=O) groups is 3. The zero-order chi connectivity index (χ0) is 34.3. The van der Waals surface area contributed by atoms with Gasteiger partial charge < -0.3 is 34.6 Å². The van der Waals surface area contributed by atoms with Crippen LogP contribution in [-0.4, -0.2) is 69.9 Å². The Hall–Kier alpha value is -4.35. The van der Waals surface area contributed by atoms with E-state index in [0.29, 0.717) is 30.1 Å². The minimum Gasteiger partial charge on any atom is -0.515 e. The first-order valence-electron chi connectivity index (χ1n) is 16.9. The van der Waals surface area contributed by atoms with Crippen LogP contribution in [0.3, 0.4) is 0 Å². The Kier molecular flexibility index (Phi) is 7.63. The molecule has 2 unspecified atom stereocenters. The average molecular weight is 657 g/mol. The Morgan fingerprint density at radius 3 is 2.62 bits per heavy atom. The second kappa shape index (κ2) is 11.4. The molecule has 1 aliphatic carbocycles. The number of ether oxygens (including phenoxy) is 3. The Morgan fingerprint density at radius 1 is 1.19 bits per heavy atom. The molecular weight excluding hydrogens is 612 g/mol. The van der Waals surface area contributed by atoms with Gasteiger partial charge in [0.2, 0.25) is 0 Å². The lowest BCUT2D eigenvalue weighted by Gasteiger charge is -2.26. The summed E-state index contributed by atoms with van der Waals surface area (Å²) >= 11 is 0. The van der Waals surface area contributed by atoms with Crippen LogP contribution in [0.1, 0.15) is 74.3 Å². The summed E-state index contributed by atoms with van der Waals surface area (Å²) in [4.78, 5) is 47.7. The number of aromatic nitrogens is 2. The number of aliphatic hydroxyl groups excluding tert-OH is 1. The number of fused-ring (bicyclic) bond motifs is 6. The first kappa shape index (κ1) is 32.2. The molecule has 0 amide bonds. The Morgan fingerprint density at radius 2 is 1.96 bits per heavy atom. The van der Waals surface area contributed by atoms with Crippen LogP contribution in [0.2, 0.25) is 0 Å². The van der Waals surface area contributed by atoms with Crippen LogP contribution in [0.5, 0.6) is 0 Å². The third-order valence-corrected chi connectivity index (χ3v) is 11.6. The Balaban J connectivity index is 1.47. The van der Waals surface area contributed by atoms with Gasteiger partial charge in [-0.3, -0.25) is 19.7 Å². The topological polar surface area (TPSA) is 158 Å². The molecule has 0 radical (unpaired) electrons. The lowest BCUT2D eigenvalue weighted by atomic mass is 9.75. The van der Waals surface area contributed by atoms with E-state index >= 15 is 0 Å². The highest BCUT2D eigenvalue weighted by atomic mass is 16.7. The molecule has 48 heavy (non-hydrogen) atoms. The second-order valence-electron chi connectivity index (χ2n) is 13.6. The van der Waals surface area contributed by atoms with Crippen LogP contribution < -0.4 is 21.2 Å². The van der Waals surface area contributed by atoms with Crippen molar-refractivity contribution < 1.29 is 33.7 Å². The molecule has 5 aliphatic rings. The predicted molar refractivity (Wildman–Crippen MR) is 180 cm³/mol. The maximum atomic E-state index is 14.3. The summed E-state index contributed by atoms with van der Waals surface area (Å²) in [5.41, 5.74) is 5.18. The van der Waals surface area contributed by atoms with Crippen molar-refractivity contribution >= 4 is 42.2 Å². The van der Waals surface area contributed by atoms with Gasteiger partial charge in [0.25, 0.3) is 0 Å². The lowest BCUT2D eigenvalue weighted by Crippen LogP contribution is -2.53. The number of rotatable bonds is 7. The number of hydrogen-bond acceptors (Lipinski definition) is 9. The van der Waals surface area contributed by atoms with Gasteiger partial charge in [0, 0.05) is 63.9 Å². The summed E-state index contributed by atoms with van der Waals surface area (Å²) in [7, 11) is 1.29. The molecule has 2 aromatic heterocycles. The maximum absolute atomic E-state index is 14.3. The van der Waals surface area contributed by atoms with Gasteiger partial charge >= 0.3 is 11.9 Å². The molecule has 4 aliphatic heterocycles. The smallest absolute Gasteiger partial charge is 0.319 e. The molecule has 2 aromatic rings. The van der Waals surface area contributed by atoms with Gasteiger partial charge in [-0.2, -0.15) is 0 Å². The highest BCUT2D eigenvalue weighted by molar-refractivity contribution is 6.15. The maximum Gasteiger partial charge on any atom is 0.319 e. The average Bonchev–Trinajstić information content (AvgIpc) is 3.40. The van der Waals surface area contributed by atoms with Crippen molar-refractivity contribution in [1.82, 2.24) is 20.6 Å². The van der Waals surface area contributed by atoms with Crippen molar-refractivity contribution in [2.24, 2.45) is 17.8 Å². The summed E-state index contributed by atoms with van der Waals surface area (Å²) < 4.78 is 17.5. The van der Waals surface area contributed by atoms with E-state index in [1.165, 1.54) is 7.11 Å². The fourth-order valence-corrected chi connectivity index (χ4v) is 9.22. The van der Waals surface area contributed by atoms with Gasteiger partial charge in [-0.05, 0) is 68.4 Å². The Labute approximate surface area is 279 Å². The molecule has 1 saturated carbocycles. The highest BCUT2D eigenvalue weighted by Gasteiger charge is 2.88. The number of methoxy groups -OCH3 is 1. The zero-order valence-electron chi connectivity index (χ0n) is 28.3. The molecule has 7 atom stereocenters. The summed E-state index contributed by atoms with van der Waals surface area (Å²) in [6.45, 7) is 14.3. The van der Waals surface area contributed by atoms with Crippen molar-refractivity contribution in [3.63, 3.8) is 0 Å². The minimum atomic E-state index is -1.28. The molecule has 6 heterocycles. The molecule has 2 saturated heterocycles. The van der Waals surface area contributed by atoms with E-state index in [0.717, 1.165) is 56.7 Å². The first-order chi connectivity index (χ1) is 23.0. The van der Waals surface area contributed by atoms with Crippen molar-refractivity contribution in [3.05, 3.63) is 67.8 Å². The fourth-order valence-electron chi connectivity index (χ4n) is 9.22. The molecule has 7 rings (SSSR count). The van der Waals surface area contributed by atoms with Crippen LogP contribution in [-0.2, 0) is 41.4 Å². The van der Waals surface area contributed by atoms with E-state index in [4.69, 9.17) is 14.2 Å². The van der Waals surface area contributed by atoms with E-state index in [1.54, 1.807) is 6.92 Å². The monoisotopic (exact) mass is 656 g/mol. The van der Waals surface area contributed by atoms with Gasteiger partial charge in [0.15, 0.2) is 23.0 Å². The summed E-state index contributed by atoms with van der Waals surface area (Å²) in [6, 6.07) is -0.755. The fraction of sp³-hybridized carbons (Fsp3) is 0.486. The SMILES string of the molecule is C=Cc1c2[nH]c(c1C)CC1N[C@]3(O[C@@]34C3N/C(=C\c5[nH]c(/c(=C\O)c5CC)=C\2)C(C)=C3C(=O)[C@@H]4C(=O)OC)[C@@H](CCC(=O)OCC)[C@@H]1C. The number of nitrogens with one attached hydrogen (secondary N) is 4. The summed E-state index contributed by atoms with van der Waals surface area (Å²) in [5.74, 6) is -2.68. The predicted octanol–water partition coefficient (Wildman–Crippen LogP) is 2.57. The van der Waals surface area contributed by atoms with E-state index in [2.05, 4.69) is 41.0 Å². The van der Waals surface area contributed by atoms with Crippen molar-refractivity contribution in [3.8, 4) is 0 Å². The van der Waals surface area contributed by atoms with E-state index in [-0.39, 0.29) is 42.7 Å². The van der Waals surface area contributed by atoms with Gasteiger partial charge in [-0.15, -0.1) is 0 Å². The molecule has 2 spiro atoms. The zero-order valence-corrected chi connectivity index (χ0v) is 28.3. The summed E-state index contributed by atoms with van der Waals surface area (Å²) in [6.07, 6.45) is 8.80. The number of epoxide rings is 1. The van der Waals surface area contributed by atoms with E-state index in [9.17, 15) is 19.5 Å². The Bertz CT molecular complexity index is 1950. The molecule has 3 fully saturated rings. The molecule has 0 aromatic carbocycles. The van der Waals surface area contributed by atoms with E-state index in [1.807, 2.05) is 32.1 Å². The van der Waals surface area contributed by atoms with Crippen molar-refractivity contribution in [2.75, 3.05) is 13.7 Å². The highest BCUT2D eigenvalue weighted by Crippen LogP contribution is 2.68. The van der Waals surface area contributed by atoms with Gasteiger partial charge in [0.1, 0.15) is 0 Å². The van der Waals surface area contributed by atoms with Gasteiger partial charge in [-0.25, -0.2) is 0 Å². The lowest BCUT2D eigenvalue weighted by molar-refractivity contribution is -0.150. The van der Waals surface area contributed by atoms with Gasteiger partial charge in [-0.1, -0.05) is 26.5 Å². The van der Waals surface area contributed by atoms with Crippen LogP contribution in [0, 0.1) is 24.7 Å². The number of aromatic amines is 2. The minimum absolute atomic E-state index is 0.0102. The van der Waals surface area contributed by atoms with Crippen molar-refractivity contribution in [1.29, 1.82) is 0 Å². The number of ketones is 1. The largest absolute Gasteiger partial charge is 0.515 e. The van der Waals surface area contributed by atoms with Crippen molar-refractivity contribution in [2.45, 2.75) is 83.7 Å². The van der Waals surface area contributed by atoms with Crippen LogP contribution in [0.15, 0.2) is 23.4 Å². The molecule has 11 nitrogen and oxygen atoms in total. The second-order valence-corrected chi connectivity index (χ2v) is 13.6. The van der Waals surface area contributed by atoms with Crippen LogP contribution >= 0.6 is 0 Å². The molecule has 11 heteroatoms. The van der Waals surface area contributed by atoms with Crippen LogP contribution in [0.25, 0.3) is 24.5 Å². The number of allylic oxidation sites excluding steroid dienone is 1. The molecular formula is C37H44N4O7. The number of aliphatic hydroxyl groups is 1. The van der Waals surface area contributed by atoms with Crippen LogP contribution in [0.4, 0.5) is 0 Å². The third kappa shape index (κ3) is 4.22. The van der Waals surface area contributed by atoms with Gasteiger partial charge in [0.05, 0.1) is 31.4 Å². The molecule has 8 bridgehead atoms. The first-order valence-corrected chi connectivity index (χ1v) is 16.9. The van der Waals surface area contributed by atoms with E-state index < -0.39 is 29.3 Å². The third-order valence-electron chi connectivity index (χ3n) is 11.6. The number of esters is 2. The number of Topliss-reactive ketones (excluding diaryl/α,β-unsaturated/α-hetero) is 1.